The molecule has 4 aliphatic carbocycles. The molecule has 2 aromatic carbocycles. The molecule has 2 saturated carbocycles. The van der Waals surface area contributed by atoms with Crippen molar-refractivity contribution in [2.45, 2.75) is 99.2 Å². The number of hydrogen-bond acceptors (Lipinski definition) is 0. The van der Waals surface area contributed by atoms with E-state index >= 15 is 0 Å². The summed E-state index contributed by atoms with van der Waals surface area (Å²) in [6, 6.07) is 14.9. The van der Waals surface area contributed by atoms with E-state index < -0.39 is 20.4 Å². The summed E-state index contributed by atoms with van der Waals surface area (Å²) in [4.78, 5) is 0. The van der Waals surface area contributed by atoms with E-state index in [0.29, 0.717) is 0 Å². The van der Waals surface area contributed by atoms with Gasteiger partial charge in [-0.05, 0) is 0 Å². The third-order valence-corrected chi connectivity index (χ3v) is 32.4. The second-order valence-electron chi connectivity index (χ2n) is 11.5. The first kappa shape index (κ1) is 23.4. The van der Waals surface area contributed by atoms with Gasteiger partial charge >= 0.3 is 216 Å². The molecule has 2 fully saturated rings. The van der Waals surface area contributed by atoms with Gasteiger partial charge in [0.25, 0.3) is 0 Å². The zero-order valence-electron chi connectivity index (χ0n) is 21.2. The molecular weight excluding hydrogens is 504 g/mol. The number of aryl methyl sites for hydroxylation is 2. The van der Waals surface area contributed by atoms with Gasteiger partial charge in [0.2, 0.25) is 0 Å². The molecule has 2 aromatic rings. The molecule has 34 heavy (non-hydrogen) atoms. The molecule has 0 radical (unpaired) electrons. The Bertz CT molecular complexity index is 1100. The Morgan fingerprint density at radius 2 is 1.24 bits per heavy atom. The van der Waals surface area contributed by atoms with Gasteiger partial charge in [0, 0.05) is 0 Å². The Labute approximate surface area is 215 Å². The van der Waals surface area contributed by atoms with Gasteiger partial charge in [-0.1, -0.05) is 0 Å². The summed E-state index contributed by atoms with van der Waals surface area (Å²) in [5, 5.41) is 0. The van der Waals surface area contributed by atoms with Gasteiger partial charge in [-0.15, -0.1) is 0 Å². The summed E-state index contributed by atoms with van der Waals surface area (Å²) in [6.07, 6.45) is 24.1. The first-order valence-electron chi connectivity index (χ1n) is 14.0. The zero-order valence-corrected chi connectivity index (χ0v) is 24.7. The molecule has 176 valence electrons. The number of allylic oxidation sites excluding steroid dienone is 4. The van der Waals surface area contributed by atoms with Crippen LogP contribution in [0.4, 0.5) is 0 Å². The second kappa shape index (κ2) is 10.2. The van der Waals surface area contributed by atoms with E-state index in [2.05, 4.69) is 68.5 Å². The minimum atomic E-state index is -2.03. The van der Waals surface area contributed by atoms with Crippen LogP contribution in [0.3, 0.4) is 0 Å². The zero-order chi connectivity index (χ0) is 23.1. The summed E-state index contributed by atoms with van der Waals surface area (Å²) in [5.74, 6) is 0. The van der Waals surface area contributed by atoms with Crippen LogP contribution in [-0.2, 0) is 20.4 Å². The van der Waals surface area contributed by atoms with Crippen molar-refractivity contribution in [2.24, 2.45) is 0 Å². The van der Waals surface area contributed by atoms with E-state index in [4.69, 9.17) is 0 Å². The molecule has 4 aliphatic rings. The second-order valence-corrected chi connectivity index (χ2v) is 26.5. The molecule has 6 rings (SSSR count). The SMILES string of the molecule is Cc1ccc2c(c1)[CH]([Zr]([C]1=CC=CC1)=[Si](C1CCCCC1)C1CCCCC1)c1cc(C)ccc1-2. The van der Waals surface area contributed by atoms with Crippen molar-refractivity contribution in [1.29, 1.82) is 0 Å². The van der Waals surface area contributed by atoms with Crippen LogP contribution in [0.1, 0.15) is 96.5 Å². The van der Waals surface area contributed by atoms with Crippen LogP contribution in [0.15, 0.2) is 57.9 Å². The maximum absolute atomic E-state index is 2.63. The maximum atomic E-state index is 2.63. The fourth-order valence-electron chi connectivity index (χ4n) is 7.60. The van der Waals surface area contributed by atoms with E-state index in [1.165, 1.54) is 56.1 Å². The number of hydrogen-bond donors (Lipinski definition) is 0. The van der Waals surface area contributed by atoms with E-state index in [-0.39, 0.29) is 5.43 Å². The van der Waals surface area contributed by atoms with Crippen molar-refractivity contribution >= 4 is 5.43 Å². The Morgan fingerprint density at radius 3 is 1.71 bits per heavy atom. The van der Waals surface area contributed by atoms with Crippen LogP contribution in [0, 0.1) is 13.8 Å². The van der Waals surface area contributed by atoms with Crippen LogP contribution in [0.5, 0.6) is 0 Å². The predicted octanol–water partition coefficient (Wildman–Crippen LogP) is 9.50. The van der Waals surface area contributed by atoms with Gasteiger partial charge in [0.1, 0.15) is 0 Å². The molecule has 0 saturated heterocycles. The molecule has 0 heterocycles. The summed E-state index contributed by atoms with van der Waals surface area (Å²) in [6.45, 7) is 4.64. The summed E-state index contributed by atoms with van der Waals surface area (Å²) in [7, 11) is 0. The monoisotopic (exact) mass is 542 g/mol. The first-order chi connectivity index (χ1) is 16.7. The van der Waals surface area contributed by atoms with E-state index in [1.807, 2.05) is 3.28 Å². The van der Waals surface area contributed by atoms with Crippen molar-refractivity contribution < 1.29 is 20.4 Å². The van der Waals surface area contributed by atoms with Crippen molar-refractivity contribution in [3.63, 3.8) is 0 Å². The molecule has 2 heteroatoms. The standard InChI is InChI=1S/C15H13.C12H22Si.C5H5.Zr/c1-10-3-5-14-12(7-10)9-13-8-11(2)4-6-15(13)14;1-3-7-11(8-4-1)13-12-9-5-2-6-10-12;1-2-4-5-3-1;/h3-9H,1-2H3;11-12H,1-10H2;1-3H,4H2;. The molecule has 0 spiro atoms. The fourth-order valence-corrected chi connectivity index (χ4v) is 35.9. The van der Waals surface area contributed by atoms with Crippen molar-refractivity contribution in [1.82, 2.24) is 0 Å². The molecule has 0 N–H and O–H groups in total. The van der Waals surface area contributed by atoms with Crippen LogP contribution in [0.25, 0.3) is 11.1 Å². The van der Waals surface area contributed by atoms with Crippen LogP contribution in [-0.4, -0.2) is 5.43 Å². The Kier molecular flexibility index (Phi) is 7.01. The number of benzene rings is 2. The summed E-state index contributed by atoms with van der Waals surface area (Å²) < 4.78 is 2.73. The average molecular weight is 544 g/mol. The molecule has 0 amide bonds. The minimum absolute atomic E-state index is 0.370. The molecule has 0 aromatic heterocycles. The molecular formula is C32H40SiZr. The number of fused-ring (bicyclic) bond motifs is 3. The molecule has 0 bridgehead atoms. The van der Waals surface area contributed by atoms with Crippen LogP contribution in [0.2, 0.25) is 11.1 Å². The van der Waals surface area contributed by atoms with Crippen LogP contribution >= 0.6 is 0 Å². The van der Waals surface area contributed by atoms with Gasteiger partial charge in [-0.25, -0.2) is 0 Å². The van der Waals surface area contributed by atoms with Gasteiger partial charge in [0.15, 0.2) is 0 Å². The number of rotatable bonds is 4. The normalized spacial score (nSPS) is 20.8. The van der Waals surface area contributed by atoms with Gasteiger partial charge in [-0.2, -0.15) is 0 Å². The third kappa shape index (κ3) is 4.37. The molecule has 0 unspecified atom stereocenters. The summed E-state index contributed by atoms with van der Waals surface area (Å²) in [5.41, 5.74) is 11.4. The molecule has 0 nitrogen and oxygen atoms in total. The van der Waals surface area contributed by atoms with Gasteiger partial charge in [0.05, 0.1) is 0 Å². The topological polar surface area (TPSA) is 0 Å². The van der Waals surface area contributed by atoms with Crippen molar-refractivity contribution in [3.8, 4) is 11.1 Å². The fraction of sp³-hybridized carbons (Fsp3) is 0.500. The van der Waals surface area contributed by atoms with Gasteiger partial charge < -0.3 is 0 Å². The quantitative estimate of drug-likeness (QED) is 0.337. The van der Waals surface area contributed by atoms with Crippen molar-refractivity contribution in [2.75, 3.05) is 0 Å². The van der Waals surface area contributed by atoms with Gasteiger partial charge in [-0.3, -0.25) is 0 Å². The van der Waals surface area contributed by atoms with Crippen LogP contribution < -0.4 is 0 Å². The van der Waals surface area contributed by atoms with Crippen molar-refractivity contribution in [3.05, 3.63) is 80.2 Å². The molecule has 0 aliphatic heterocycles. The predicted molar refractivity (Wildman–Crippen MR) is 144 cm³/mol. The molecule has 0 atom stereocenters. The Morgan fingerprint density at radius 1 is 0.706 bits per heavy atom. The van der Waals surface area contributed by atoms with E-state index in [1.54, 1.807) is 47.9 Å². The Balaban J connectivity index is 1.62. The van der Waals surface area contributed by atoms with E-state index in [0.717, 1.165) is 14.7 Å². The van der Waals surface area contributed by atoms with E-state index in [9.17, 15) is 0 Å². The Hall–Kier alpha value is -0.980. The first-order valence-corrected chi connectivity index (χ1v) is 22.0. The third-order valence-electron chi connectivity index (χ3n) is 9.13. The summed E-state index contributed by atoms with van der Waals surface area (Å²) >= 11 is -2.03. The average Bonchev–Trinajstić information content (AvgIpc) is 3.50.